The molecule has 16 heavy (non-hydrogen) atoms. The monoisotopic (exact) mass is 239 g/mol. The number of hydrogen-bond donors (Lipinski definition) is 1. The molecule has 0 atom stereocenters. The predicted octanol–water partition coefficient (Wildman–Crippen LogP) is 1.17. The fourth-order valence-electron chi connectivity index (χ4n) is 1.17. The lowest BCUT2D eigenvalue weighted by Gasteiger charge is -2.00. The molecule has 0 unspecified atom stereocenters. The van der Waals surface area contributed by atoms with Gasteiger partial charge in [0.25, 0.3) is 10.1 Å². The standard InChI is InChI=1S/C10H9NO4S/c11-6-5-10(12)9-3-1-8(2-4-9)7-16(13,14)15/h1-4H,5,7H2,(H,13,14,15). The highest BCUT2D eigenvalue weighted by atomic mass is 32.2. The lowest BCUT2D eigenvalue weighted by Crippen LogP contribution is -2.02. The van der Waals surface area contributed by atoms with Gasteiger partial charge in [-0.15, -0.1) is 0 Å². The average Bonchev–Trinajstić information content (AvgIpc) is 2.16. The van der Waals surface area contributed by atoms with Crippen LogP contribution in [0.4, 0.5) is 0 Å². The molecule has 1 N–H and O–H groups in total. The van der Waals surface area contributed by atoms with Crippen LogP contribution in [0.3, 0.4) is 0 Å². The van der Waals surface area contributed by atoms with Gasteiger partial charge in [-0.1, -0.05) is 24.3 Å². The van der Waals surface area contributed by atoms with E-state index in [2.05, 4.69) is 0 Å². The molecule has 0 aliphatic heterocycles. The Kier molecular flexibility index (Phi) is 3.77. The van der Waals surface area contributed by atoms with Gasteiger partial charge in [-0.3, -0.25) is 9.35 Å². The van der Waals surface area contributed by atoms with Crippen LogP contribution in [0.5, 0.6) is 0 Å². The van der Waals surface area contributed by atoms with Crippen molar-refractivity contribution < 1.29 is 17.8 Å². The fraction of sp³-hybridized carbons (Fsp3) is 0.200. The molecular weight excluding hydrogens is 230 g/mol. The molecule has 0 aromatic heterocycles. The number of carbonyl (C=O) groups is 1. The van der Waals surface area contributed by atoms with Gasteiger partial charge in [-0.2, -0.15) is 13.7 Å². The highest BCUT2D eigenvalue weighted by Crippen LogP contribution is 2.09. The summed E-state index contributed by atoms with van der Waals surface area (Å²) >= 11 is 0. The van der Waals surface area contributed by atoms with Crippen molar-refractivity contribution in [3.63, 3.8) is 0 Å². The summed E-state index contributed by atoms with van der Waals surface area (Å²) in [6.45, 7) is 0. The van der Waals surface area contributed by atoms with Crippen molar-refractivity contribution in [3.05, 3.63) is 35.4 Å². The zero-order valence-electron chi connectivity index (χ0n) is 8.25. The summed E-state index contributed by atoms with van der Waals surface area (Å²) in [7, 11) is -4.06. The van der Waals surface area contributed by atoms with Crippen LogP contribution in [0.2, 0.25) is 0 Å². The third-order valence-corrected chi connectivity index (χ3v) is 2.56. The lowest BCUT2D eigenvalue weighted by molar-refractivity contribution is 0.0997. The number of Topliss-reactive ketones (excluding diaryl/α,β-unsaturated/α-hetero) is 1. The Morgan fingerprint density at radius 3 is 2.31 bits per heavy atom. The molecule has 0 aliphatic rings. The van der Waals surface area contributed by atoms with E-state index in [1.807, 2.05) is 0 Å². The highest BCUT2D eigenvalue weighted by molar-refractivity contribution is 7.85. The molecule has 5 nitrogen and oxygen atoms in total. The molecule has 0 saturated carbocycles. The Hall–Kier alpha value is -1.71. The largest absolute Gasteiger partial charge is 0.293 e. The van der Waals surface area contributed by atoms with E-state index in [0.717, 1.165) is 0 Å². The third-order valence-electron chi connectivity index (χ3n) is 1.86. The summed E-state index contributed by atoms with van der Waals surface area (Å²) in [6, 6.07) is 7.45. The maximum absolute atomic E-state index is 11.3. The van der Waals surface area contributed by atoms with Gasteiger partial charge in [0.15, 0.2) is 5.78 Å². The van der Waals surface area contributed by atoms with E-state index in [1.165, 1.54) is 24.3 Å². The average molecular weight is 239 g/mol. The molecule has 0 radical (unpaired) electrons. The number of rotatable bonds is 4. The van der Waals surface area contributed by atoms with Crippen LogP contribution in [0, 0.1) is 11.3 Å². The van der Waals surface area contributed by atoms with Gasteiger partial charge in [0.05, 0.1) is 12.5 Å². The molecule has 6 heteroatoms. The van der Waals surface area contributed by atoms with Crippen LogP contribution >= 0.6 is 0 Å². The van der Waals surface area contributed by atoms with Crippen LogP contribution in [0.25, 0.3) is 0 Å². The molecule has 0 aliphatic carbocycles. The lowest BCUT2D eigenvalue weighted by atomic mass is 10.1. The molecule has 84 valence electrons. The molecule has 0 spiro atoms. The molecule has 1 rings (SSSR count). The normalized spacial score (nSPS) is 10.8. The first-order chi connectivity index (χ1) is 7.42. The molecule has 0 heterocycles. The van der Waals surface area contributed by atoms with E-state index >= 15 is 0 Å². The van der Waals surface area contributed by atoms with Gasteiger partial charge in [0.2, 0.25) is 0 Å². The molecular formula is C10H9NO4S. The summed E-state index contributed by atoms with van der Waals surface area (Å²) in [5, 5.41) is 8.32. The fourth-order valence-corrected chi connectivity index (χ4v) is 1.79. The first kappa shape index (κ1) is 12.4. The van der Waals surface area contributed by atoms with E-state index < -0.39 is 15.9 Å². The van der Waals surface area contributed by atoms with Gasteiger partial charge < -0.3 is 0 Å². The molecule has 0 bridgehead atoms. The molecule has 0 fully saturated rings. The third kappa shape index (κ3) is 3.81. The minimum absolute atomic E-state index is 0.211. The van der Waals surface area contributed by atoms with Crippen molar-refractivity contribution in [2.24, 2.45) is 0 Å². The smallest absolute Gasteiger partial charge is 0.269 e. The Bertz CT molecular complexity index is 525. The molecule has 0 amide bonds. The zero-order valence-corrected chi connectivity index (χ0v) is 9.07. The second-order valence-electron chi connectivity index (χ2n) is 3.18. The summed E-state index contributed by atoms with van der Waals surface area (Å²) in [5.41, 5.74) is 0.733. The number of nitrogens with zero attached hydrogens (tertiary/aromatic N) is 1. The Morgan fingerprint density at radius 2 is 1.88 bits per heavy atom. The number of benzene rings is 1. The number of hydrogen-bond acceptors (Lipinski definition) is 4. The van der Waals surface area contributed by atoms with Crippen molar-refractivity contribution in [1.29, 1.82) is 5.26 Å². The van der Waals surface area contributed by atoms with Crippen molar-refractivity contribution in [2.75, 3.05) is 0 Å². The van der Waals surface area contributed by atoms with Gasteiger partial charge in [0, 0.05) is 5.56 Å². The first-order valence-electron chi connectivity index (χ1n) is 4.36. The molecule has 1 aromatic carbocycles. The van der Waals surface area contributed by atoms with Crippen LogP contribution < -0.4 is 0 Å². The summed E-state index contributed by atoms with van der Waals surface area (Å²) in [5.74, 6) is -0.805. The summed E-state index contributed by atoms with van der Waals surface area (Å²) in [4.78, 5) is 11.3. The van der Waals surface area contributed by atoms with Crippen LogP contribution in [-0.4, -0.2) is 18.8 Å². The number of ketones is 1. The summed E-state index contributed by atoms with van der Waals surface area (Å²) in [6.07, 6.45) is -0.211. The van der Waals surface area contributed by atoms with E-state index in [0.29, 0.717) is 11.1 Å². The van der Waals surface area contributed by atoms with Crippen LogP contribution in [0.1, 0.15) is 22.3 Å². The van der Waals surface area contributed by atoms with Gasteiger partial charge in [0.1, 0.15) is 5.75 Å². The van der Waals surface area contributed by atoms with Crippen LogP contribution in [-0.2, 0) is 15.9 Å². The minimum Gasteiger partial charge on any atom is -0.293 e. The second kappa shape index (κ2) is 4.88. The van der Waals surface area contributed by atoms with Crippen molar-refractivity contribution >= 4 is 15.9 Å². The quantitative estimate of drug-likeness (QED) is 0.628. The SMILES string of the molecule is N#CCC(=O)c1ccc(CS(=O)(=O)O)cc1. The summed E-state index contributed by atoms with van der Waals surface area (Å²) < 4.78 is 29.7. The van der Waals surface area contributed by atoms with Gasteiger partial charge >= 0.3 is 0 Å². The van der Waals surface area contributed by atoms with Gasteiger partial charge in [-0.05, 0) is 5.56 Å². The van der Waals surface area contributed by atoms with Crippen molar-refractivity contribution in [3.8, 4) is 6.07 Å². The molecule has 0 saturated heterocycles. The van der Waals surface area contributed by atoms with Crippen molar-refractivity contribution in [1.82, 2.24) is 0 Å². The highest BCUT2D eigenvalue weighted by Gasteiger charge is 2.08. The minimum atomic E-state index is -4.06. The van der Waals surface area contributed by atoms with E-state index in [-0.39, 0.29) is 12.2 Å². The maximum atomic E-state index is 11.3. The molecule has 1 aromatic rings. The van der Waals surface area contributed by atoms with Gasteiger partial charge in [-0.25, -0.2) is 0 Å². The predicted molar refractivity (Wildman–Crippen MR) is 56.3 cm³/mol. The Labute approximate surface area is 93.1 Å². The topological polar surface area (TPSA) is 95.2 Å². The Morgan fingerprint density at radius 1 is 1.31 bits per heavy atom. The first-order valence-corrected chi connectivity index (χ1v) is 5.97. The van der Waals surface area contributed by atoms with E-state index in [9.17, 15) is 13.2 Å². The Balaban J connectivity index is 2.84. The number of carbonyl (C=O) groups excluding carboxylic acids is 1. The van der Waals surface area contributed by atoms with E-state index in [1.54, 1.807) is 6.07 Å². The zero-order chi connectivity index (χ0) is 12.2. The van der Waals surface area contributed by atoms with Crippen molar-refractivity contribution in [2.45, 2.75) is 12.2 Å². The van der Waals surface area contributed by atoms with Crippen LogP contribution in [0.15, 0.2) is 24.3 Å². The van der Waals surface area contributed by atoms with E-state index in [4.69, 9.17) is 9.81 Å². The maximum Gasteiger partial charge on any atom is 0.269 e. The number of nitriles is 1. The second-order valence-corrected chi connectivity index (χ2v) is 4.63.